The predicted octanol–water partition coefficient (Wildman–Crippen LogP) is 0.944. The number of amides is 1. The van der Waals surface area contributed by atoms with Crippen LogP contribution in [0.15, 0.2) is 21.7 Å². The Morgan fingerprint density at radius 1 is 1.04 bits per heavy atom. The number of anilines is 2. The highest BCUT2D eigenvalue weighted by atomic mass is 16.5. The van der Waals surface area contributed by atoms with Gasteiger partial charge in [0.05, 0.1) is 11.3 Å². The maximum atomic E-state index is 12.4. The van der Waals surface area contributed by atoms with Crippen LogP contribution in [0.25, 0.3) is 0 Å². The molecule has 8 heteroatoms. The summed E-state index contributed by atoms with van der Waals surface area (Å²) in [7, 11) is 6.24. The quantitative estimate of drug-likeness (QED) is 0.718. The average molecular weight is 330 g/mol. The van der Waals surface area contributed by atoms with Crippen molar-refractivity contribution >= 4 is 17.3 Å². The van der Waals surface area contributed by atoms with Crippen molar-refractivity contribution in [2.45, 2.75) is 6.92 Å². The maximum Gasteiger partial charge on any atom is 0.310 e. The molecular formula is C16H18N4O4. The van der Waals surface area contributed by atoms with Crippen molar-refractivity contribution in [3.8, 4) is 11.5 Å². The van der Waals surface area contributed by atoms with Gasteiger partial charge in [-0.3, -0.25) is 14.4 Å². The highest BCUT2D eigenvalue weighted by molar-refractivity contribution is 6.00. The standard InChI is InChI=1S/C16H18N4O4/c1-8-6-7-9(14(21)18(2)3)12-10(8)17-11-13(24-12)16(23)20(5)19(4)15(11)22/h6-7,17H,1-5H3. The van der Waals surface area contributed by atoms with Gasteiger partial charge in [-0.1, -0.05) is 6.07 Å². The van der Waals surface area contributed by atoms with E-state index in [9.17, 15) is 14.4 Å². The molecular weight excluding hydrogens is 312 g/mol. The number of nitrogens with one attached hydrogen (secondary N) is 1. The fourth-order valence-corrected chi connectivity index (χ4v) is 2.57. The third-order valence-electron chi connectivity index (χ3n) is 4.13. The minimum absolute atomic E-state index is 0.0747. The zero-order valence-electron chi connectivity index (χ0n) is 14.1. The molecule has 1 aliphatic rings. The number of rotatable bonds is 1. The van der Waals surface area contributed by atoms with Crippen LogP contribution in [0.3, 0.4) is 0 Å². The van der Waals surface area contributed by atoms with Crippen molar-refractivity contribution in [3.05, 3.63) is 44.0 Å². The summed E-state index contributed by atoms with van der Waals surface area (Å²) in [6, 6.07) is 3.41. The van der Waals surface area contributed by atoms with E-state index >= 15 is 0 Å². The van der Waals surface area contributed by atoms with Crippen molar-refractivity contribution in [1.82, 2.24) is 14.3 Å². The van der Waals surface area contributed by atoms with E-state index in [0.717, 1.165) is 10.2 Å². The largest absolute Gasteiger partial charge is 0.446 e. The summed E-state index contributed by atoms with van der Waals surface area (Å²) in [5.74, 6) is -0.102. The Bertz CT molecular complexity index is 985. The van der Waals surface area contributed by atoms with Crippen LogP contribution in [0.1, 0.15) is 15.9 Å². The number of aryl methyl sites for hydroxylation is 1. The highest BCUT2D eigenvalue weighted by Gasteiger charge is 2.29. The number of hydrogen-bond acceptors (Lipinski definition) is 5. The lowest BCUT2D eigenvalue weighted by molar-refractivity contribution is 0.0825. The molecule has 2 aromatic rings. The number of nitrogens with zero attached hydrogens (tertiary/aromatic N) is 3. The second-order valence-electron chi connectivity index (χ2n) is 5.92. The molecule has 0 bridgehead atoms. The van der Waals surface area contributed by atoms with E-state index in [1.165, 1.54) is 23.7 Å². The molecule has 0 aliphatic carbocycles. The average Bonchev–Trinajstić information content (AvgIpc) is 2.56. The van der Waals surface area contributed by atoms with Crippen molar-refractivity contribution in [2.75, 3.05) is 19.4 Å². The van der Waals surface area contributed by atoms with Crippen LogP contribution in [-0.2, 0) is 14.1 Å². The smallest absolute Gasteiger partial charge is 0.310 e. The van der Waals surface area contributed by atoms with Gasteiger partial charge in [-0.25, -0.2) is 9.36 Å². The summed E-state index contributed by atoms with van der Waals surface area (Å²) >= 11 is 0. The van der Waals surface area contributed by atoms with Crippen LogP contribution in [0, 0.1) is 6.92 Å². The van der Waals surface area contributed by atoms with Crippen molar-refractivity contribution in [1.29, 1.82) is 0 Å². The molecule has 0 saturated carbocycles. The Morgan fingerprint density at radius 3 is 2.29 bits per heavy atom. The van der Waals surface area contributed by atoms with E-state index in [-0.39, 0.29) is 28.7 Å². The van der Waals surface area contributed by atoms with E-state index in [2.05, 4.69) is 5.32 Å². The molecule has 0 unspecified atom stereocenters. The minimum atomic E-state index is -0.463. The second-order valence-corrected chi connectivity index (χ2v) is 5.92. The molecule has 2 heterocycles. The lowest BCUT2D eigenvalue weighted by Crippen LogP contribution is -2.38. The van der Waals surface area contributed by atoms with Crippen LogP contribution < -0.4 is 21.2 Å². The Hall–Kier alpha value is -3.03. The third-order valence-corrected chi connectivity index (χ3v) is 4.13. The molecule has 0 radical (unpaired) electrons. The molecule has 3 rings (SSSR count). The number of carbonyl (C=O) groups is 1. The number of fused-ring (bicyclic) bond motifs is 2. The summed E-state index contributed by atoms with van der Waals surface area (Å²) < 4.78 is 8.12. The highest BCUT2D eigenvalue weighted by Crippen LogP contribution is 2.42. The van der Waals surface area contributed by atoms with Gasteiger partial charge in [0.2, 0.25) is 5.75 Å². The second kappa shape index (κ2) is 5.26. The molecule has 1 N–H and O–H groups in total. The molecule has 0 spiro atoms. The Morgan fingerprint density at radius 2 is 1.67 bits per heavy atom. The molecule has 1 aliphatic heterocycles. The van der Waals surface area contributed by atoms with Gasteiger partial charge in [0.1, 0.15) is 0 Å². The molecule has 1 aromatic carbocycles. The number of ether oxygens (including phenoxy) is 1. The van der Waals surface area contributed by atoms with E-state index in [0.29, 0.717) is 11.3 Å². The van der Waals surface area contributed by atoms with Gasteiger partial charge in [0, 0.05) is 28.2 Å². The molecule has 8 nitrogen and oxygen atoms in total. The number of aromatic nitrogens is 2. The van der Waals surface area contributed by atoms with E-state index in [1.54, 1.807) is 26.2 Å². The summed E-state index contributed by atoms with van der Waals surface area (Å²) in [5, 5.41) is 2.98. The summed E-state index contributed by atoms with van der Waals surface area (Å²) in [6.07, 6.45) is 0. The van der Waals surface area contributed by atoms with E-state index < -0.39 is 5.56 Å². The van der Waals surface area contributed by atoms with Crippen molar-refractivity contribution in [3.63, 3.8) is 0 Å². The lowest BCUT2D eigenvalue weighted by Gasteiger charge is -2.25. The van der Waals surface area contributed by atoms with Gasteiger partial charge in [0.15, 0.2) is 11.4 Å². The zero-order valence-corrected chi connectivity index (χ0v) is 14.1. The number of benzene rings is 1. The predicted molar refractivity (Wildman–Crippen MR) is 89.5 cm³/mol. The molecule has 0 saturated heterocycles. The maximum absolute atomic E-state index is 12.4. The molecule has 0 atom stereocenters. The summed E-state index contributed by atoms with van der Waals surface area (Å²) in [4.78, 5) is 38.7. The topological polar surface area (TPSA) is 85.6 Å². The Balaban J connectivity index is 2.29. The number of carbonyl (C=O) groups excluding carboxylic acids is 1. The van der Waals surface area contributed by atoms with Crippen molar-refractivity contribution < 1.29 is 9.53 Å². The minimum Gasteiger partial charge on any atom is -0.446 e. The molecule has 0 fully saturated rings. The fraction of sp³-hybridized carbons (Fsp3) is 0.312. The first-order chi connectivity index (χ1) is 11.2. The summed E-state index contributed by atoms with van der Waals surface area (Å²) in [6.45, 7) is 1.83. The van der Waals surface area contributed by atoms with Crippen LogP contribution in [-0.4, -0.2) is 34.3 Å². The van der Waals surface area contributed by atoms with Crippen LogP contribution in [0.2, 0.25) is 0 Å². The van der Waals surface area contributed by atoms with Gasteiger partial charge in [-0.05, 0) is 18.6 Å². The van der Waals surface area contributed by atoms with Gasteiger partial charge in [0.25, 0.3) is 11.5 Å². The number of hydrogen-bond donors (Lipinski definition) is 1. The third kappa shape index (κ3) is 2.10. The molecule has 1 aromatic heterocycles. The van der Waals surface area contributed by atoms with Gasteiger partial charge in [-0.2, -0.15) is 0 Å². The van der Waals surface area contributed by atoms with Crippen molar-refractivity contribution in [2.24, 2.45) is 14.1 Å². The van der Waals surface area contributed by atoms with E-state index in [1.807, 2.05) is 6.92 Å². The normalized spacial score (nSPS) is 11.9. The fourth-order valence-electron chi connectivity index (χ4n) is 2.57. The first kappa shape index (κ1) is 15.9. The first-order valence-corrected chi connectivity index (χ1v) is 7.34. The summed E-state index contributed by atoms with van der Waals surface area (Å²) in [5.41, 5.74) is 0.859. The van der Waals surface area contributed by atoms with Crippen LogP contribution in [0.5, 0.6) is 11.5 Å². The van der Waals surface area contributed by atoms with Crippen LogP contribution in [0.4, 0.5) is 11.4 Å². The van der Waals surface area contributed by atoms with E-state index in [4.69, 9.17) is 4.74 Å². The SMILES string of the molecule is Cc1ccc(C(=O)N(C)C)c2c1Nc1c(c(=O)n(C)n(C)c1=O)O2. The van der Waals surface area contributed by atoms with Gasteiger partial charge >= 0.3 is 5.56 Å². The zero-order chi connectivity index (χ0) is 17.8. The molecule has 126 valence electrons. The van der Waals surface area contributed by atoms with Gasteiger partial charge in [-0.15, -0.1) is 0 Å². The van der Waals surface area contributed by atoms with Crippen LogP contribution >= 0.6 is 0 Å². The Kier molecular flexibility index (Phi) is 3.47. The monoisotopic (exact) mass is 330 g/mol. The molecule has 1 amide bonds. The van der Waals surface area contributed by atoms with Gasteiger partial charge < -0.3 is 15.0 Å². The lowest BCUT2D eigenvalue weighted by atomic mass is 10.1. The Labute approximate surface area is 137 Å². The molecule has 24 heavy (non-hydrogen) atoms. The first-order valence-electron chi connectivity index (χ1n) is 7.34.